The zero-order valence-electron chi connectivity index (χ0n) is 10.3. The molecule has 0 aliphatic rings. The molecule has 5 nitrogen and oxygen atoms in total. The maximum Gasteiger partial charge on any atom is 0.148 e. The summed E-state index contributed by atoms with van der Waals surface area (Å²) in [5.41, 5.74) is 8.60. The lowest BCUT2D eigenvalue weighted by Gasteiger charge is -2.09. The van der Waals surface area contributed by atoms with Gasteiger partial charge in [-0.1, -0.05) is 0 Å². The number of aryl methyl sites for hydroxylation is 2. The second kappa shape index (κ2) is 3.80. The van der Waals surface area contributed by atoms with Gasteiger partial charge in [0.25, 0.3) is 0 Å². The summed E-state index contributed by atoms with van der Waals surface area (Å²) in [5.74, 6) is 1.56. The Kier molecular flexibility index (Phi) is 2.26. The molecule has 2 heterocycles. The summed E-state index contributed by atoms with van der Waals surface area (Å²) >= 11 is 0. The Labute approximate surface area is 104 Å². The molecule has 3 aromatic rings. The fraction of sp³-hybridized carbons (Fsp3) is 0.154. The highest BCUT2D eigenvalue weighted by molar-refractivity contribution is 5.94. The quantitative estimate of drug-likeness (QED) is 0.659. The normalized spacial score (nSPS) is 11.0. The van der Waals surface area contributed by atoms with Gasteiger partial charge in [0, 0.05) is 11.6 Å². The number of hydrogen-bond acceptors (Lipinski definition) is 4. The molecule has 0 radical (unpaired) electrons. The average molecular weight is 239 g/mol. The van der Waals surface area contributed by atoms with Gasteiger partial charge in [0.15, 0.2) is 0 Å². The Bertz CT molecular complexity index is 729. The van der Waals surface area contributed by atoms with Crippen molar-refractivity contribution in [3.63, 3.8) is 0 Å². The van der Waals surface area contributed by atoms with Crippen LogP contribution in [0.25, 0.3) is 16.6 Å². The van der Waals surface area contributed by atoms with Gasteiger partial charge in [-0.3, -0.25) is 4.98 Å². The lowest BCUT2D eigenvalue weighted by atomic mass is 10.1. The number of hydrogen-bond donors (Lipinski definition) is 1. The molecule has 0 bridgehead atoms. The molecule has 0 unspecified atom stereocenters. The van der Waals surface area contributed by atoms with Crippen molar-refractivity contribution >= 4 is 16.6 Å². The third-order valence-electron chi connectivity index (χ3n) is 2.91. The second-order valence-corrected chi connectivity index (χ2v) is 4.19. The lowest BCUT2D eigenvalue weighted by molar-refractivity contribution is 0.834. The van der Waals surface area contributed by atoms with Gasteiger partial charge in [0.1, 0.15) is 11.6 Å². The fourth-order valence-electron chi connectivity index (χ4n) is 2.10. The van der Waals surface area contributed by atoms with E-state index in [1.807, 2.05) is 38.1 Å². The molecule has 0 spiro atoms. The smallest absolute Gasteiger partial charge is 0.148 e. The van der Waals surface area contributed by atoms with E-state index in [-0.39, 0.29) is 0 Å². The third-order valence-corrected chi connectivity index (χ3v) is 2.91. The molecule has 0 fully saturated rings. The molecule has 0 amide bonds. The van der Waals surface area contributed by atoms with E-state index in [2.05, 4.69) is 15.1 Å². The number of rotatable bonds is 1. The number of nitrogens with two attached hydrogens (primary N) is 1. The molecule has 0 saturated heterocycles. The number of aromatic nitrogens is 4. The highest BCUT2D eigenvalue weighted by Gasteiger charge is 2.10. The summed E-state index contributed by atoms with van der Waals surface area (Å²) < 4.78 is 1.76. The Balaban J connectivity index is 2.30. The van der Waals surface area contributed by atoms with E-state index in [9.17, 15) is 0 Å². The molecule has 0 atom stereocenters. The van der Waals surface area contributed by atoms with E-state index in [1.165, 1.54) is 0 Å². The Morgan fingerprint density at radius 2 is 2.00 bits per heavy atom. The van der Waals surface area contributed by atoms with Crippen LogP contribution in [0, 0.1) is 13.8 Å². The lowest BCUT2D eigenvalue weighted by Crippen LogP contribution is -2.04. The summed E-state index contributed by atoms with van der Waals surface area (Å²) in [6.45, 7) is 3.77. The van der Waals surface area contributed by atoms with Gasteiger partial charge in [-0.05, 0) is 38.1 Å². The molecule has 18 heavy (non-hydrogen) atoms. The highest BCUT2D eigenvalue weighted by Crippen LogP contribution is 2.26. The van der Waals surface area contributed by atoms with Crippen LogP contribution in [-0.4, -0.2) is 19.7 Å². The van der Waals surface area contributed by atoms with Gasteiger partial charge in [0.05, 0.1) is 16.9 Å². The minimum absolute atomic E-state index is 0.675. The second-order valence-electron chi connectivity index (χ2n) is 4.19. The van der Waals surface area contributed by atoms with E-state index in [1.54, 1.807) is 10.9 Å². The molecule has 0 aliphatic carbocycles. The molecular formula is C13H13N5. The van der Waals surface area contributed by atoms with Crippen molar-refractivity contribution in [2.24, 2.45) is 0 Å². The van der Waals surface area contributed by atoms with Crippen LogP contribution in [0.15, 0.2) is 30.5 Å². The minimum atomic E-state index is 0.675. The predicted molar refractivity (Wildman–Crippen MR) is 70.5 cm³/mol. The molecule has 90 valence electrons. The summed E-state index contributed by atoms with van der Waals surface area (Å²) in [6, 6.07) is 7.70. The highest BCUT2D eigenvalue weighted by atomic mass is 15.3. The van der Waals surface area contributed by atoms with Crippen LogP contribution in [0.2, 0.25) is 0 Å². The van der Waals surface area contributed by atoms with Crippen molar-refractivity contribution in [3.8, 4) is 5.69 Å². The molecule has 5 heteroatoms. The van der Waals surface area contributed by atoms with E-state index in [0.29, 0.717) is 5.69 Å². The molecule has 0 saturated carbocycles. The van der Waals surface area contributed by atoms with Crippen LogP contribution >= 0.6 is 0 Å². The largest absolute Gasteiger partial charge is 0.396 e. The number of pyridine rings is 1. The van der Waals surface area contributed by atoms with Gasteiger partial charge in [0.2, 0.25) is 0 Å². The summed E-state index contributed by atoms with van der Waals surface area (Å²) in [4.78, 5) is 8.57. The first-order valence-electron chi connectivity index (χ1n) is 5.70. The van der Waals surface area contributed by atoms with Crippen molar-refractivity contribution in [3.05, 3.63) is 42.1 Å². The van der Waals surface area contributed by atoms with Gasteiger partial charge >= 0.3 is 0 Å². The minimum Gasteiger partial charge on any atom is -0.396 e. The van der Waals surface area contributed by atoms with Gasteiger partial charge in [-0.2, -0.15) is 5.10 Å². The Morgan fingerprint density at radius 3 is 2.72 bits per heavy atom. The first-order valence-corrected chi connectivity index (χ1v) is 5.70. The molecule has 2 aromatic heterocycles. The molecule has 3 rings (SSSR count). The third kappa shape index (κ3) is 1.52. The number of nitrogens with zero attached hydrogens (tertiary/aromatic N) is 4. The SMILES string of the molecule is Cc1nc(C)n(-c2ccc3ncccc3c2N)n1. The summed E-state index contributed by atoms with van der Waals surface area (Å²) in [7, 11) is 0. The maximum atomic E-state index is 6.20. The standard InChI is InChI=1S/C13H13N5/c1-8-16-9(2)18(17-8)12-6-5-11-10(13(12)14)4-3-7-15-11/h3-7H,14H2,1-2H3. The summed E-state index contributed by atoms with van der Waals surface area (Å²) in [6.07, 6.45) is 1.76. The van der Waals surface area contributed by atoms with Crippen LogP contribution in [-0.2, 0) is 0 Å². The van der Waals surface area contributed by atoms with Crippen LogP contribution in [0.1, 0.15) is 11.6 Å². The van der Waals surface area contributed by atoms with Crippen LogP contribution in [0.3, 0.4) is 0 Å². The van der Waals surface area contributed by atoms with E-state index < -0.39 is 0 Å². The fourth-order valence-corrected chi connectivity index (χ4v) is 2.10. The molecule has 2 N–H and O–H groups in total. The maximum absolute atomic E-state index is 6.20. The van der Waals surface area contributed by atoms with Crippen LogP contribution in [0.4, 0.5) is 5.69 Å². The van der Waals surface area contributed by atoms with E-state index in [4.69, 9.17) is 5.73 Å². The molecular weight excluding hydrogens is 226 g/mol. The number of benzene rings is 1. The molecule has 1 aromatic carbocycles. The average Bonchev–Trinajstić information content (AvgIpc) is 2.69. The number of anilines is 1. The zero-order chi connectivity index (χ0) is 12.7. The zero-order valence-corrected chi connectivity index (χ0v) is 10.3. The van der Waals surface area contributed by atoms with Gasteiger partial charge in [-0.25, -0.2) is 9.67 Å². The van der Waals surface area contributed by atoms with E-state index in [0.717, 1.165) is 28.2 Å². The monoisotopic (exact) mass is 239 g/mol. The van der Waals surface area contributed by atoms with Crippen molar-refractivity contribution in [1.82, 2.24) is 19.7 Å². The Morgan fingerprint density at radius 1 is 1.17 bits per heavy atom. The topological polar surface area (TPSA) is 69.6 Å². The number of fused-ring (bicyclic) bond motifs is 1. The van der Waals surface area contributed by atoms with Crippen molar-refractivity contribution < 1.29 is 0 Å². The number of nitrogen functional groups attached to an aromatic ring is 1. The summed E-state index contributed by atoms with van der Waals surface area (Å²) in [5, 5.41) is 5.29. The van der Waals surface area contributed by atoms with Gasteiger partial charge in [-0.15, -0.1) is 0 Å². The van der Waals surface area contributed by atoms with Crippen LogP contribution < -0.4 is 5.73 Å². The van der Waals surface area contributed by atoms with Crippen molar-refractivity contribution in [2.75, 3.05) is 5.73 Å². The first-order chi connectivity index (χ1) is 8.66. The van der Waals surface area contributed by atoms with Crippen LogP contribution in [0.5, 0.6) is 0 Å². The van der Waals surface area contributed by atoms with Crippen molar-refractivity contribution in [1.29, 1.82) is 0 Å². The predicted octanol–water partition coefficient (Wildman–Crippen LogP) is 2.01. The Hall–Kier alpha value is -2.43. The van der Waals surface area contributed by atoms with Crippen molar-refractivity contribution in [2.45, 2.75) is 13.8 Å². The molecule has 0 aliphatic heterocycles. The first kappa shape index (κ1) is 10.7. The van der Waals surface area contributed by atoms with E-state index >= 15 is 0 Å². The van der Waals surface area contributed by atoms with Gasteiger partial charge < -0.3 is 5.73 Å².